The molecule has 0 bridgehead atoms. The van der Waals surface area contributed by atoms with Crippen molar-refractivity contribution in [1.29, 1.82) is 0 Å². The van der Waals surface area contributed by atoms with Gasteiger partial charge in [-0.1, -0.05) is 6.92 Å². The molecule has 0 unspecified atom stereocenters. The maximum atomic E-state index is 12.0. The molecule has 1 fully saturated rings. The van der Waals surface area contributed by atoms with E-state index in [0.717, 1.165) is 19.3 Å². The van der Waals surface area contributed by atoms with Crippen molar-refractivity contribution < 1.29 is 14.3 Å². The molecular weight excluding hydrogens is 218 g/mol. The number of carbonyl (C=O) groups is 2. The summed E-state index contributed by atoms with van der Waals surface area (Å²) < 4.78 is 5.35. The van der Waals surface area contributed by atoms with Crippen LogP contribution in [0.5, 0.6) is 0 Å². The summed E-state index contributed by atoms with van der Waals surface area (Å²) in [6.45, 7) is 8.19. The lowest BCUT2D eigenvalue weighted by molar-refractivity contribution is -0.163. The van der Waals surface area contributed by atoms with Gasteiger partial charge in [-0.3, -0.25) is 4.79 Å². The van der Waals surface area contributed by atoms with E-state index in [0.29, 0.717) is 13.0 Å². The molecule has 0 N–H and O–H groups in total. The Kier molecular flexibility index (Phi) is 4.54. The Labute approximate surface area is 103 Å². The molecule has 1 heterocycles. The van der Waals surface area contributed by atoms with Crippen molar-refractivity contribution in [1.82, 2.24) is 4.90 Å². The second-order valence-corrected chi connectivity index (χ2v) is 5.53. The first-order chi connectivity index (χ1) is 7.85. The maximum absolute atomic E-state index is 12.0. The molecule has 0 aromatic heterocycles. The van der Waals surface area contributed by atoms with Gasteiger partial charge in [0.2, 0.25) is 5.91 Å². The number of esters is 1. The molecule has 1 saturated heterocycles. The van der Waals surface area contributed by atoms with Crippen LogP contribution in [-0.4, -0.2) is 35.0 Å². The number of rotatable bonds is 3. The monoisotopic (exact) mass is 241 g/mol. The quantitative estimate of drug-likeness (QED) is 0.711. The molecule has 4 nitrogen and oxygen atoms in total. The van der Waals surface area contributed by atoms with E-state index in [2.05, 4.69) is 0 Å². The van der Waals surface area contributed by atoms with Crippen LogP contribution in [0.2, 0.25) is 0 Å². The average molecular weight is 241 g/mol. The van der Waals surface area contributed by atoms with Gasteiger partial charge in [-0.05, 0) is 40.0 Å². The zero-order chi connectivity index (χ0) is 13.1. The topological polar surface area (TPSA) is 46.6 Å². The number of ether oxygens (including phenoxy) is 1. The zero-order valence-electron chi connectivity index (χ0n) is 11.3. The standard InChI is InChI=1S/C13H23NO3/c1-5-7-11(15)14-9-6-8-10(14)12(16)17-13(2,3)4/h10H,5-9H2,1-4H3/t10-/m0/s1. The van der Waals surface area contributed by atoms with Gasteiger partial charge < -0.3 is 9.64 Å². The van der Waals surface area contributed by atoms with Crippen LogP contribution in [0.25, 0.3) is 0 Å². The number of hydrogen-bond acceptors (Lipinski definition) is 3. The third kappa shape index (κ3) is 4.02. The highest BCUT2D eigenvalue weighted by atomic mass is 16.6. The third-order valence-corrected chi connectivity index (χ3v) is 2.72. The molecule has 1 aliphatic rings. The number of likely N-dealkylation sites (tertiary alicyclic amines) is 1. The minimum Gasteiger partial charge on any atom is -0.458 e. The second kappa shape index (κ2) is 5.52. The lowest BCUT2D eigenvalue weighted by atomic mass is 10.1. The molecule has 0 aromatic carbocycles. The molecule has 1 rings (SSSR count). The maximum Gasteiger partial charge on any atom is 0.329 e. The third-order valence-electron chi connectivity index (χ3n) is 2.72. The highest BCUT2D eigenvalue weighted by Crippen LogP contribution is 2.22. The first-order valence-electron chi connectivity index (χ1n) is 6.37. The van der Waals surface area contributed by atoms with E-state index in [4.69, 9.17) is 4.74 Å². The van der Waals surface area contributed by atoms with Crippen molar-refractivity contribution in [2.45, 2.75) is 65.0 Å². The largest absolute Gasteiger partial charge is 0.458 e. The fourth-order valence-corrected chi connectivity index (χ4v) is 2.04. The van der Waals surface area contributed by atoms with E-state index in [1.165, 1.54) is 0 Å². The molecule has 98 valence electrons. The number of nitrogens with zero attached hydrogens (tertiary/aromatic N) is 1. The van der Waals surface area contributed by atoms with E-state index in [1.807, 2.05) is 27.7 Å². The Bertz CT molecular complexity index is 294. The first kappa shape index (κ1) is 14.0. The molecule has 17 heavy (non-hydrogen) atoms. The van der Waals surface area contributed by atoms with Crippen molar-refractivity contribution in [2.24, 2.45) is 0 Å². The predicted octanol–water partition coefficient (Wildman–Crippen LogP) is 2.12. The lowest BCUT2D eigenvalue weighted by Crippen LogP contribution is -2.43. The van der Waals surface area contributed by atoms with Gasteiger partial charge in [-0.25, -0.2) is 4.79 Å². The van der Waals surface area contributed by atoms with Gasteiger partial charge in [-0.15, -0.1) is 0 Å². The zero-order valence-corrected chi connectivity index (χ0v) is 11.3. The molecule has 4 heteroatoms. The van der Waals surface area contributed by atoms with E-state index in [1.54, 1.807) is 4.90 Å². The van der Waals surface area contributed by atoms with Crippen LogP contribution in [0.3, 0.4) is 0 Å². The highest BCUT2D eigenvalue weighted by molar-refractivity contribution is 5.85. The Morgan fingerprint density at radius 3 is 2.53 bits per heavy atom. The summed E-state index contributed by atoms with van der Waals surface area (Å²) >= 11 is 0. The number of hydrogen-bond donors (Lipinski definition) is 0. The average Bonchev–Trinajstić information content (AvgIpc) is 2.63. The van der Waals surface area contributed by atoms with Crippen LogP contribution in [0.15, 0.2) is 0 Å². The van der Waals surface area contributed by atoms with Crippen molar-refractivity contribution in [3.8, 4) is 0 Å². The minimum atomic E-state index is -0.487. The molecular formula is C13H23NO3. The van der Waals surface area contributed by atoms with Crippen LogP contribution in [0, 0.1) is 0 Å². The fourth-order valence-electron chi connectivity index (χ4n) is 2.04. The van der Waals surface area contributed by atoms with Crippen molar-refractivity contribution in [3.63, 3.8) is 0 Å². The van der Waals surface area contributed by atoms with Crippen LogP contribution in [0.1, 0.15) is 53.4 Å². The van der Waals surface area contributed by atoms with E-state index in [-0.39, 0.29) is 17.9 Å². The van der Waals surface area contributed by atoms with Crippen molar-refractivity contribution in [2.75, 3.05) is 6.54 Å². The van der Waals surface area contributed by atoms with Gasteiger partial charge >= 0.3 is 5.97 Å². The van der Waals surface area contributed by atoms with Crippen LogP contribution < -0.4 is 0 Å². The number of amides is 1. The van der Waals surface area contributed by atoms with Gasteiger partial charge in [0.1, 0.15) is 11.6 Å². The molecule has 0 aliphatic carbocycles. The van der Waals surface area contributed by atoms with Crippen LogP contribution in [0.4, 0.5) is 0 Å². The molecule has 1 amide bonds. The van der Waals surface area contributed by atoms with Crippen LogP contribution in [-0.2, 0) is 14.3 Å². The highest BCUT2D eigenvalue weighted by Gasteiger charge is 2.36. The summed E-state index contributed by atoms with van der Waals surface area (Å²) in [7, 11) is 0. The van der Waals surface area contributed by atoms with Crippen LogP contribution >= 0.6 is 0 Å². The summed E-state index contributed by atoms with van der Waals surface area (Å²) in [5, 5.41) is 0. The van der Waals surface area contributed by atoms with Gasteiger partial charge in [0.25, 0.3) is 0 Å². The molecule has 0 radical (unpaired) electrons. The Hall–Kier alpha value is -1.06. The van der Waals surface area contributed by atoms with Crippen molar-refractivity contribution >= 4 is 11.9 Å². The fraction of sp³-hybridized carbons (Fsp3) is 0.846. The summed E-state index contributed by atoms with van der Waals surface area (Å²) in [6, 6.07) is -0.367. The smallest absolute Gasteiger partial charge is 0.329 e. The SMILES string of the molecule is CCCC(=O)N1CCC[C@H]1C(=O)OC(C)(C)C. The Balaban J connectivity index is 2.63. The summed E-state index contributed by atoms with van der Waals surface area (Å²) in [4.78, 5) is 25.5. The van der Waals surface area contributed by atoms with Gasteiger partial charge in [-0.2, -0.15) is 0 Å². The number of carbonyl (C=O) groups excluding carboxylic acids is 2. The molecule has 0 aromatic rings. The second-order valence-electron chi connectivity index (χ2n) is 5.53. The van der Waals surface area contributed by atoms with E-state index < -0.39 is 5.60 Å². The Morgan fingerprint density at radius 1 is 1.35 bits per heavy atom. The summed E-state index contributed by atoms with van der Waals surface area (Å²) in [6.07, 6.45) is 2.94. The summed E-state index contributed by atoms with van der Waals surface area (Å²) in [5.41, 5.74) is -0.487. The molecule has 1 atom stereocenters. The van der Waals surface area contributed by atoms with Gasteiger partial charge in [0.05, 0.1) is 0 Å². The normalized spacial score (nSPS) is 20.5. The van der Waals surface area contributed by atoms with Crippen molar-refractivity contribution in [3.05, 3.63) is 0 Å². The Morgan fingerprint density at radius 2 is 2.00 bits per heavy atom. The molecule has 0 saturated carbocycles. The minimum absolute atomic E-state index is 0.0702. The van der Waals surface area contributed by atoms with E-state index in [9.17, 15) is 9.59 Å². The lowest BCUT2D eigenvalue weighted by Gasteiger charge is -2.27. The molecule has 1 aliphatic heterocycles. The first-order valence-corrected chi connectivity index (χ1v) is 6.37. The molecule has 0 spiro atoms. The van der Waals surface area contributed by atoms with Gasteiger partial charge in [0, 0.05) is 13.0 Å². The van der Waals surface area contributed by atoms with Gasteiger partial charge in [0.15, 0.2) is 0 Å². The predicted molar refractivity (Wildman–Crippen MR) is 65.5 cm³/mol. The summed E-state index contributed by atoms with van der Waals surface area (Å²) in [5.74, 6) is -0.194. The van der Waals surface area contributed by atoms with E-state index >= 15 is 0 Å².